The van der Waals surface area contributed by atoms with Crippen molar-refractivity contribution in [3.63, 3.8) is 0 Å². The smallest absolute Gasteiger partial charge is 0.287 e. The molecule has 2 aromatic heterocycles. The zero-order valence-electron chi connectivity index (χ0n) is 12.5. The minimum atomic E-state index is -0.0608. The molecule has 0 bridgehead atoms. The third kappa shape index (κ3) is 2.95. The van der Waals surface area contributed by atoms with Crippen LogP contribution in [0, 0.1) is 0 Å². The van der Waals surface area contributed by atoms with Crippen molar-refractivity contribution < 1.29 is 4.57 Å². The lowest BCUT2D eigenvalue weighted by atomic mass is 10.1. The summed E-state index contributed by atoms with van der Waals surface area (Å²) in [6, 6.07) is 14.1. The van der Waals surface area contributed by atoms with E-state index in [1.807, 2.05) is 49.6 Å². The van der Waals surface area contributed by atoms with Crippen LogP contribution in [0.3, 0.4) is 0 Å². The van der Waals surface area contributed by atoms with E-state index in [1.165, 1.54) is 0 Å². The Balaban J connectivity index is 2.00. The summed E-state index contributed by atoms with van der Waals surface area (Å²) in [7, 11) is 2.05. The fourth-order valence-electron chi connectivity index (χ4n) is 2.44. The molecule has 0 atom stereocenters. The summed E-state index contributed by atoms with van der Waals surface area (Å²) in [6.07, 6.45) is 3.63. The number of hydrogen-bond donors (Lipinski definition) is 2. The Morgan fingerprint density at radius 3 is 2.57 bits per heavy atom. The van der Waals surface area contributed by atoms with Crippen molar-refractivity contribution >= 4 is 33.8 Å². The minimum Gasteiger partial charge on any atom is -0.369 e. The summed E-state index contributed by atoms with van der Waals surface area (Å²) in [4.78, 5) is 0. The number of imidazole rings is 1. The zero-order valence-corrected chi connectivity index (χ0v) is 14.1. The van der Waals surface area contributed by atoms with E-state index >= 15 is 0 Å². The van der Waals surface area contributed by atoms with Gasteiger partial charge in [-0.15, -0.1) is 5.10 Å². The van der Waals surface area contributed by atoms with E-state index in [2.05, 4.69) is 41.2 Å². The average molecular weight is 372 g/mol. The second kappa shape index (κ2) is 6.21. The summed E-state index contributed by atoms with van der Waals surface area (Å²) in [6.45, 7) is 0. The summed E-state index contributed by atoms with van der Waals surface area (Å²) in [5.41, 5.74) is 14.7. The fraction of sp³-hybridized carbons (Fsp3) is 0.0625. The number of pyridine rings is 1. The van der Waals surface area contributed by atoms with Gasteiger partial charge < -0.3 is 11.5 Å². The van der Waals surface area contributed by atoms with Crippen molar-refractivity contribution in [2.45, 2.75) is 0 Å². The number of nitrogens with two attached hydrogens (primary N) is 2. The summed E-state index contributed by atoms with van der Waals surface area (Å²) < 4.78 is 5.26. The summed E-state index contributed by atoms with van der Waals surface area (Å²) in [5.74, 6) is -0.0608. The van der Waals surface area contributed by atoms with Gasteiger partial charge >= 0.3 is 0 Å². The first-order chi connectivity index (χ1) is 11.1. The van der Waals surface area contributed by atoms with Gasteiger partial charge in [-0.2, -0.15) is 9.50 Å². The largest absolute Gasteiger partial charge is 0.369 e. The number of aromatic nitrogens is 2. The Hall–Kier alpha value is -2.67. The molecule has 0 unspecified atom stereocenters. The molecular weight excluding hydrogens is 356 g/mol. The molecule has 4 N–H and O–H groups in total. The number of halogens is 1. The van der Waals surface area contributed by atoms with Crippen LogP contribution in [-0.2, 0) is 7.05 Å². The van der Waals surface area contributed by atoms with Crippen molar-refractivity contribution in [2.24, 2.45) is 28.7 Å². The summed E-state index contributed by atoms with van der Waals surface area (Å²) >= 11 is 3.69. The van der Waals surface area contributed by atoms with E-state index in [9.17, 15) is 0 Å². The lowest BCUT2D eigenvalue weighted by Gasteiger charge is -1.99. The van der Waals surface area contributed by atoms with Gasteiger partial charge in [0.2, 0.25) is 10.6 Å². The van der Waals surface area contributed by atoms with Crippen molar-refractivity contribution in [3.8, 4) is 11.3 Å². The van der Waals surface area contributed by atoms with Crippen LogP contribution in [-0.4, -0.2) is 16.6 Å². The van der Waals surface area contributed by atoms with Crippen LogP contribution in [0.25, 0.3) is 16.9 Å². The van der Waals surface area contributed by atoms with E-state index in [-0.39, 0.29) is 5.96 Å². The molecule has 0 radical (unpaired) electrons. The maximum atomic E-state index is 5.23. The minimum absolute atomic E-state index is 0.0608. The Morgan fingerprint density at radius 2 is 1.91 bits per heavy atom. The molecule has 1 aromatic carbocycles. The first-order valence-electron chi connectivity index (χ1n) is 6.95. The molecule has 3 aromatic rings. The van der Waals surface area contributed by atoms with Crippen LogP contribution >= 0.6 is 15.9 Å². The molecule has 0 saturated heterocycles. The molecule has 0 aliphatic rings. The van der Waals surface area contributed by atoms with E-state index in [0.717, 1.165) is 27.1 Å². The number of fused-ring (bicyclic) bond motifs is 1. The highest BCUT2D eigenvalue weighted by atomic mass is 79.9. The maximum absolute atomic E-state index is 5.23. The van der Waals surface area contributed by atoms with Crippen molar-refractivity contribution in [2.75, 3.05) is 0 Å². The highest BCUT2D eigenvalue weighted by molar-refractivity contribution is 9.10. The SMILES string of the molecule is C[n+]1c(-c2ccc(/C=N/N=C(N)N)cc2)c(Br)n2ccccc21. The average Bonchev–Trinajstić information content (AvgIpc) is 2.80. The lowest BCUT2D eigenvalue weighted by molar-refractivity contribution is -0.633. The van der Waals surface area contributed by atoms with E-state index in [0.29, 0.717) is 0 Å². The molecule has 7 heteroatoms. The molecule has 0 aliphatic heterocycles. The van der Waals surface area contributed by atoms with Gasteiger partial charge in [-0.3, -0.25) is 0 Å². The Bertz CT molecular complexity index is 865. The number of hydrogen-bond acceptors (Lipinski definition) is 2. The first kappa shape index (κ1) is 15.2. The van der Waals surface area contributed by atoms with Gasteiger partial charge in [-0.1, -0.05) is 18.2 Å². The number of guanidine groups is 1. The van der Waals surface area contributed by atoms with Gasteiger partial charge in [0.15, 0.2) is 5.69 Å². The van der Waals surface area contributed by atoms with Crippen LogP contribution in [0.4, 0.5) is 0 Å². The Kier molecular flexibility index (Phi) is 4.12. The molecule has 0 aliphatic carbocycles. The third-order valence-corrected chi connectivity index (χ3v) is 4.25. The maximum Gasteiger partial charge on any atom is 0.287 e. The van der Waals surface area contributed by atoms with Crippen LogP contribution in [0.2, 0.25) is 0 Å². The summed E-state index contributed by atoms with van der Waals surface area (Å²) in [5, 5.41) is 7.39. The number of aryl methyl sites for hydroxylation is 1. The van der Waals surface area contributed by atoms with Crippen LogP contribution in [0.15, 0.2) is 63.5 Å². The molecule has 23 heavy (non-hydrogen) atoms. The van der Waals surface area contributed by atoms with Crippen molar-refractivity contribution in [1.29, 1.82) is 0 Å². The molecule has 6 nitrogen and oxygen atoms in total. The molecule has 116 valence electrons. The molecule has 0 spiro atoms. The number of benzene rings is 1. The number of rotatable bonds is 3. The quantitative estimate of drug-likeness (QED) is 0.318. The zero-order chi connectivity index (χ0) is 16.4. The predicted octanol–water partition coefficient (Wildman–Crippen LogP) is 1.80. The molecule has 0 saturated carbocycles. The first-order valence-corrected chi connectivity index (χ1v) is 7.74. The highest BCUT2D eigenvalue weighted by Crippen LogP contribution is 2.27. The second-order valence-electron chi connectivity index (χ2n) is 5.02. The van der Waals surface area contributed by atoms with Gasteiger partial charge in [0.1, 0.15) is 0 Å². The Labute approximate surface area is 141 Å². The fourth-order valence-corrected chi connectivity index (χ4v) is 3.24. The molecule has 0 fully saturated rings. The third-order valence-electron chi connectivity index (χ3n) is 3.49. The Morgan fingerprint density at radius 1 is 1.17 bits per heavy atom. The normalized spacial score (nSPS) is 11.2. The van der Waals surface area contributed by atoms with Crippen molar-refractivity contribution in [1.82, 2.24) is 4.40 Å². The molecule has 3 rings (SSSR count). The van der Waals surface area contributed by atoms with Crippen molar-refractivity contribution in [3.05, 3.63) is 58.8 Å². The van der Waals surface area contributed by atoms with E-state index in [1.54, 1.807) is 6.21 Å². The predicted molar refractivity (Wildman–Crippen MR) is 95.1 cm³/mol. The number of nitrogens with zero attached hydrogens (tertiary/aromatic N) is 4. The highest BCUT2D eigenvalue weighted by Gasteiger charge is 2.22. The molecule has 0 amide bonds. The molecule has 2 heterocycles. The van der Waals surface area contributed by atoms with Gasteiger partial charge in [-0.05, 0) is 23.8 Å². The van der Waals surface area contributed by atoms with Gasteiger partial charge in [0.05, 0.1) is 19.5 Å². The van der Waals surface area contributed by atoms with Gasteiger partial charge in [-0.25, -0.2) is 4.57 Å². The van der Waals surface area contributed by atoms with Crippen LogP contribution in [0.1, 0.15) is 5.56 Å². The van der Waals surface area contributed by atoms with Crippen LogP contribution < -0.4 is 16.0 Å². The lowest BCUT2D eigenvalue weighted by Crippen LogP contribution is -2.29. The topological polar surface area (TPSA) is 85.0 Å². The molecular formula is C16H16BrN6+. The van der Waals surface area contributed by atoms with Crippen LogP contribution in [0.5, 0.6) is 0 Å². The standard InChI is InChI=1S/C16H16BrN6/c1-22-13-4-2-3-9-23(13)15(17)14(22)12-7-5-11(6-8-12)10-20-21-16(18)19/h2-10H,1H3,(H4,18,19,21)/q+1/b20-10+. The van der Waals surface area contributed by atoms with Gasteiger partial charge in [0, 0.05) is 27.6 Å². The van der Waals surface area contributed by atoms with E-state index in [4.69, 9.17) is 11.5 Å². The van der Waals surface area contributed by atoms with E-state index < -0.39 is 0 Å². The second-order valence-corrected chi connectivity index (χ2v) is 5.77. The van der Waals surface area contributed by atoms with Gasteiger partial charge in [0.25, 0.3) is 5.65 Å². The monoisotopic (exact) mass is 371 g/mol.